The summed E-state index contributed by atoms with van der Waals surface area (Å²) in [5, 5.41) is 9.26. The van der Waals surface area contributed by atoms with E-state index in [-0.39, 0.29) is 99.9 Å². The van der Waals surface area contributed by atoms with Crippen molar-refractivity contribution in [2.24, 2.45) is 0 Å². The molecule has 0 unspecified atom stereocenters. The number of hydrogen-bond donors (Lipinski definition) is 1. The fourth-order valence-corrected chi connectivity index (χ4v) is 3.42. The summed E-state index contributed by atoms with van der Waals surface area (Å²) in [5.74, 6) is -3.85. The van der Waals surface area contributed by atoms with Crippen LogP contribution in [0.15, 0.2) is 0 Å². The van der Waals surface area contributed by atoms with Gasteiger partial charge in [0.2, 0.25) is 0 Å². The molecule has 0 saturated carbocycles. The van der Waals surface area contributed by atoms with Crippen LogP contribution in [0.25, 0.3) is 0 Å². The van der Waals surface area contributed by atoms with E-state index >= 15 is 0 Å². The first-order valence-electron chi connectivity index (χ1n) is 15.7. The molecule has 3 saturated heterocycles. The molecule has 6 amide bonds. The fraction of sp³-hybridized carbons (Fsp3) is 0.724. The van der Waals surface area contributed by atoms with Crippen molar-refractivity contribution in [1.82, 2.24) is 15.2 Å². The van der Waals surface area contributed by atoms with Gasteiger partial charge in [0.15, 0.2) is 0 Å². The Kier molecular flexibility index (Phi) is 49.3. The van der Waals surface area contributed by atoms with Crippen LogP contribution in [-0.4, -0.2) is 162 Å². The van der Waals surface area contributed by atoms with E-state index in [4.69, 9.17) is 33.5 Å². The Labute approximate surface area is 400 Å². The van der Waals surface area contributed by atoms with E-state index in [1.807, 2.05) is 0 Å². The number of hydroxylamine groups is 6. The summed E-state index contributed by atoms with van der Waals surface area (Å²) < 4.78 is 34.5. The second-order valence-electron chi connectivity index (χ2n) is 9.58. The molecule has 3 fully saturated rings. The molecular weight excluding hydrogens is 1460 g/mol. The molecule has 0 aliphatic carbocycles. The zero-order valence-electron chi connectivity index (χ0n) is 30.2. The van der Waals surface area contributed by atoms with E-state index in [9.17, 15) is 38.4 Å². The Morgan fingerprint density at radius 3 is 1.05 bits per heavy atom. The van der Waals surface area contributed by atoms with Gasteiger partial charge in [-0.25, -0.2) is 4.79 Å². The van der Waals surface area contributed by atoms with Gasteiger partial charge in [0.05, 0.1) is 72.7 Å². The molecule has 22 nitrogen and oxygen atoms in total. The van der Waals surface area contributed by atoms with Crippen LogP contribution >= 0.6 is 98.4 Å². The van der Waals surface area contributed by atoms with Crippen molar-refractivity contribution in [2.45, 2.75) is 46.0 Å². The minimum absolute atomic E-state index is 0. The van der Waals surface area contributed by atoms with E-state index < -0.39 is 47.8 Å². The standard InChI is InChI=1S/C12H19NO8.C9H8N2O7.C7H16O4.CH4.I3.I2.HI/c1-17-4-5-18-6-7-19-8-9-20-12(16)21-13-10(14)2-3-11(13)15;12-5-1-2-6(13)10(5)17-9(16)18-11-7(14)3-4-8(11)15;1-9-4-5-11-7-6-10-3-2-8;;1-3-2;1-2;/h2-9H2,1H3;1-4H2;8H,2-7H2,1H3;1H4;;;1H/q;;;;-1;;. The first kappa shape index (κ1) is 63.7. The van der Waals surface area contributed by atoms with Crippen molar-refractivity contribution in [1.29, 1.82) is 0 Å². The molecule has 57 heavy (non-hydrogen) atoms. The van der Waals surface area contributed by atoms with Crippen molar-refractivity contribution in [2.75, 3.05) is 93.5 Å². The molecule has 0 aromatic heterocycles. The van der Waals surface area contributed by atoms with Gasteiger partial charge in [-0.05, 0) is 0 Å². The molecule has 0 spiro atoms. The second kappa shape index (κ2) is 44.1. The Morgan fingerprint density at radius 2 is 0.772 bits per heavy atom. The molecule has 0 atom stereocenters. The average Bonchev–Trinajstić information content (AvgIpc) is 3.78. The number of aliphatic hydroxyl groups excluding tert-OH is 1. The molecule has 3 heterocycles. The third kappa shape index (κ3) is 33.4. The van der Waals surface area contributed by atoms with Gasteiger partial charge in [-0.3, -0.25) is 43.3 Å². The monoisotopic (exact) mass is 1500 g/mol. The zero-order chi connectivity index (χ0) is 41.9. The molecule has 0 bridgehead atoms. The quantitative estimate of drug-likeness (QED) is 0.0758. The van der Waals surface area contributed by atoms with Gasteiger partial charge in [-0.15, -0.1) is 24.0 Å². The number of amides is 6. The van der Waals surface area contributed by atoms with Crippen LogP contribution in [-0.2, 0) is 76.4 Å². The zero-order valence-corrected chi connectivity index (χ0v) is 43.3. The summed E-state index contributed by atoms with van der Waals surface area (Å²) in [5.41, 5.74) is 0. The summed E-state index contributed by atoms with van der Waals surface area (Å²) in [7, 11) is 3.21. The molecular formula is C29H48I6N3O19-. The number of carbonyl (C=O) groups excluding carboxylic acids is 8. The molecule has 28 heteroatoms. The molecule has 0 aromatic rings. The van der Waals surface area contributed by atoms with Gasteiger partial charge in [-0.1, -0.05) is 22.6 Å². The molecule has 336 valence electrons. The van der Waals surface area contributed by atoms with Crippen LogP contribution in [0.3, 0.4) is 0 Å². The van der Waals surface area contributed by atoms with Crippen molar-refractivity contribution < 1.29 is 104 Å². The van der Waals surface area contributed by atoms with Crippen LogP contribution in [0, 0.1) is 0 Å². The van der Waals surface area contributed by atoms with E-state index in [0.717, 1.165) is 0 Å². The van der Waals surface area contributed by atoms with Gasteiger partial charge in [0.25, 0.3) is 35.4 Å². The fourth-order valence-electron chi connectivity index (χ4n) is 3.42. The van der Waals surface area contributed by atoms with Crippen molar-refractivity contribution in [3.05, 3.63) is 0 Å². The van der Waals surface area contributed by atoms with Gasteiger partial charge in [0.1, 0.15) is 6.61 Å². The van der Waals surface area contributed by atoms with E-state index in [0.29, 0.717) is 77.8 Å². The Hall–Kier alpha value is 0.0600. The van der Waals surface area contributed by atoms with Gasteiger partial charge in [-0.2, -0.15) is 4.79 Å². The summed E-state index contributed by atoms with van der Waals surface area (Å²) in [4.78, 5) is 102. The molecule has 3 rings (SSSR count). The van der Waals surface area contributed by atoms with Crippen LogP contribution in [0.2, 0.25) is 0 Å². The van der Waals surface area contributed by atoms with Crippen LogP contribution in [0.1, 0.15) is 46.0 Å². The number of methoxy groups -OCH3 is 2. The number of hydrogen-bond acceptors (Lipinski definition) is 19. The van der Waals surface area contributed by atoms with Crippen LogP contribution in [0.4, 0.5) is 9.59 Å². The maximum absolute atomic E-state index is 11.2. The maximum atomic E-state index is 11.2. The normalized spacial score (nSPS) is 14.1. The van der Waals surface area contributed by atoms with Crippen LogP contribution in [0.5, 0.6) is 0 Å². The predicted octanol–water partition coefficient (Wildman–Crippen LogP) is 0.610. The van der Waals surface area contributed by atoms with Gasteiger partial charge >= 0.3 is 62.8 Å². The SMILES string of the molecule is C.COCCOCCOCCO.COCCOCCOCCOC(=O)ON1C(=O)CCC1=O.I.II.I[I-]I.O=C(ON1C(=O)CCC1=O)ON1C(=O)CCC1=O. The van der Waals surface area contributed by atoms with Crippen molar-refractivity contribution >= 4 is 146 Å². The minimum atomic E-state index is -1.48. The third-order valence-electron chi connectivity index (χ3n) is 5.81. The number of aliphatic hydroxyl groups is 1. The Morgan fingerprint density at radius 1 is 0.526 bits per heavy atom. The van der Waals surface area contributed by atoms with Crippen molar-refractivity contribution in [3.8, 4) is 0 Å². The number of ether oxygens (including phenoxy) is 7. The van der Waals surface area contributed by atoms with E-state index in [2.05, 4.69) is 93.7 Å². The second-order valence-corrected chi connectivity index (χ2v) is 25.8. The number of carbonyl (C=O) groups is 8. The minimum Gasteiger partial charge on any atom is -0.293 e. The molecule has 3 aliphatic heterocycles. The first-order chi connectivity index (χ1) is 26.5. The topological polar surface area (TPSA) is 259 Å². The molecule has 0 aromatic carbocycles. The van der Waals surface area contributed by atoms with Gasteiger partial charge in [0, 0.05) is 90.0 Å². The molecule has 3 aliphatic rings. The van der Waals surface area contributed by atoms with Crippen LogP contribution < -0.4 is 13.3 Å². The maximum Gasteiger partial charge on any atom is 0.560 e. The van der Waals surface area contributed by atoms with E-state index in [1.54, 1.807) is 14.2 Å². The molecule has 0 radical (unpaired) electrons. The summed E-state index contributed by atoms with van der Waals surface area (Å²) >= 11 is 9.54. The summed E-state index contributed by atoms with van der Waals surface area (Å²) in [6.45, 7) is 4.62. The third-order valence-corrected chi connectivity index (χ3v) is 5.81. The first-order valence-corrected chi connectivity index (χ1v) is 34.6. The van der Waals surface area contributed by atoms with Gasteiger partial charge < -0.3 is 38.3 Å². The number of rotatable bonds is 20. The predicted molar refractivity (Wildman–Crippen MR) is 236 cm³/mol. The summed E-state index contributed by atoms with van der Waals surface area (Å²) in [6.07, 6.45) is -2.76. The summed E-state index contributed by atoms with van der Waals surface area (Å²) in [6, 6.07) is 0. The number of imide groups is 3. The van der Waals surface area contributed by atoms with Crippen molar-refractivity contribution in [3.63, 3.8) is 0 Å². The molecule has 1 N–H and O–H groups in total. The largest absolute Gasteiger partial charge is 0.560 e. The average molecular weight is 1500 g/mol. The Balaban J connectivity index is -0.000000356. The number of nitrogens with zero attached hydrogens (tertiary/aromatic N) is 3. The smallest absolute Gasteiger partial charge is 0.293 e. The number of halogens is 6. The van der Waals surface area contributed by atoms with E-state index in [1.165, 1.54) is 0 Å². The Bertz CT molecular complexity index is 1070.